The minimum absolute atomic E-state index is 0.207. The number of ether oxygens (including phenoxy) is 2. The molecular formula is C26H33BrF4O2Si2. The van der Waals surface area contributed by atoms with E-state index in [1.807, 2.05) is 0 Å². The number of benzene rings is 2. The predicted molar refractivity (Wildman–Crippen MR) is 146 cm³/mol. The van der Waals surface area contributed by atoms with Crippen molar-refractivity contribution in [2.75, 3.05) is 0 Å². The van der Waals surface area contributed by atoms with Gasteiger partial charge in [-0.15, -0.1) is 17.5 Å². The summed E-state index contributed by atoms with van der Waals surface area (Å²) in [6.07, 6.45) is 5.12. The Balaban J connectivity index is 0.000000557. The molecule has 0 bridgehead atoms. The van der Waals surface area contributed by atoms with Crippen molar-refractivity contribution in [1.82, 2.24) is 0 Å². The van der Waals surface area contributed by atoms with E-state index < -0.39 is 29.4 Å². The zero-order chi connectivity index (χ0) is 27.4. The lowest BCUT2D eigenvalue weighted by Crippen LogP contribution is -2.16. The van der Waals surface area contributed by atoms with Crippen LogP contribution in [-0.4, -0.2) is 29.4 Å². The number of aryl methyl sites for hydroxylation is 2. The van der Waals surface area contributed by atoms with Gasteiger partial charge in [-0.3, -0.25) is 0 Å². The Bertz CT molecular complexity index is 1040. The van der Waals surface area contributed by atoms with Crippen LogP contribution in [0, 0.1) is 37.3 Å². The molecule has 0 aliphatic rings. The molecule has 2 nitrogen and oxygen atoms in total. The van der Waals surface area contributed by atoms with Gasteiger partial charge in [0.2, 0.25) is 0 Å². The first kappa shape index (κ1) is 32.8. The van der Waals surface area contributed by atoms with Crippen LogP contribution in [0.3, 0.4) is 0 Å². The highest BCUT2D eigenvalue weighted by atomic mass is 79.9. The van der Waals surface area contributed by atoms with Crippen LogP contribution >= 0.6 is 15.9 Å². The molecule has 2 rings (SSSR count). The van der Waals surface area contributed by atoms with E-state index in [1.165, 1.54) is 12.1 Å². The van der Waals surface area contributed by atoms with Crippen molar-refractivity contribution in [1.29, 1.82) is 0 Å². The van der Waals surface area contributed by atoms with Crippen LogP contribution in [0.4, 0.5) is 17.6 Å². The van der Waals surface area contributed by atoms with Crippen LogP contribution in [0.15, 0.2) is 40.9 Å². The van der Waals surface area contributed by atoms with Crippen molar-refractivity contribution in [3.05, 3.63) is 57.6 Å². The molecule has 0 N–H and O–H groups in total. The van der Waals surface area contributed by atoms with Crippen LogP contribution in [0.2, 0.25) is 39.3 Å². The first-order chi connectivity index (χ1) is 15.9. The maximum atomic E-state index is 12.1. The average Bonchev–Trinajstić information content (AvgIpc) is 2.70. The molecule has 0 unspecified atom stereocenters. The molecule has 2 aromatic carbocycles. The summed E-state index contributed by atoms with van der Waals surface area (Å²) in [7, 11) is -2.51. The highest BCUT2D eigenvalue weighted by Crippen LogP contribution is 2.23. The minimum Gasteiger partial charge on any atom is -0.435 e. The lowest BCUT2D eigenvalue weighted by Gasteiger charge is -2.08. The second-order valence-corrected chi connectivity index (χ2v) is 20.0. The van der Waals surface area contributed by atoms with Gasteiger partial charge < -0.3 is 9.47 Å². The van der Waals surface area contributed by atoms with Gasteiger partial charge in [0, 0.05) is 10.0 Å². The second kappa shape index (κ2) is 15.0. The fourth-order valence-electron chi connectivity index (χ4n) is 2.06. The SMILES string of the molecule is C#C[Si](C)(C)C.Cc1cc(Br)ccc1OC(F)F.Cc1cc(C#C[Si](C)(C)C)ccc1OC(F)F. The summed E-state index contributed by atoms with van der Waals surface area (Å²) in [5.41, 5.74) is 8.17. The number of halogens is 5. The quantitative estimate of drug-likeness (QED) is 0.202. The van der Waals surface area contributed by atoms with E-state index >= 15 is 0 Å². The molecule has 0 saturated heterocycles. The lowest BCUT2D eigenvalue weighted by molar-refractivity contribution is -0.0509. The van der Waals surface area contributed by atoms with Gasteiger partial charge in [-0.2, -0.15) is 17.6 Å². The Kier molecular flexibility index (Phi) is 14.1. The third-order valence-electron chi connectivity index (χ3n) is 3.76. The molecule has 0 radical (unpaired) electrons. The molecular weight excluding hydrogens is 556 g/mol. The van der Waals surface area contributed by atoms with Gasteiger partial charge in [0.1, 0.15) is 27.6 Å². The van der Waals surface area contributed by atoms with Crippen LogP contribution in [0.1, 0.15) is 16.7 Å². The third-order valence-corrected chi connectivity index (χ3v) is 5.99. The van der Waals surface area contributed by atoms with E-state index in [4.69, 9.17) is 6.42 Å². The lowest BCUT2D eigenvalue weighted by atomic mass is 10.1. The van der Waals surface area contributed by atoms with E-state index in [-0.39, 0.29) is 11.5 Å². The average molecular weight is 590 g/mol. The summed E-state index contributed by atoms with van der Waals surface area (Å²) in [5, 5.41) is 0. The molecule has 0 atom stereocenters. The Labute approximate surface area is 217 Å². The predicted octanol–water partition coefficient (Wildman–Crippen LogP) is 8.68. The number of alkyl halides is 4. The van der Waals surface area contributed by atoms with Crippen LogP contribution in [-0.2, 0) is 0 Å². The van der Waals surface area contributed by atoms with E-state index in [2.05, 4.69) is 81.7 Å². The zero-order valence-electron chi connectivity index (χ0n) is 21.4. The molecule has 0 aliphatic heterocycles. The molecule has 9 heteroatoms. The monoisotopic (exact) mass is 588 g/mol. The molecule has 0 spiro atoms. The summed E-state index contributed by atoms with van der Waals surface area (Å²) in [6.45, 7) is 10.8. The fraction of sp³-hybridized carbons (Fsp3) is 0.385. The van der Waals surface area contributed by atoms with E-state index in [9.17, 15) is 17.6 Å². The normalized spacial score (nSPS) is 10.7. The molecule has 2 aromatic rings. The largest absolute Gasteiger partial charge is 0.435 e. The Hall–Kier alpha value is -2.21. The molecule has 0 aliphatic carbocycles. The molecule has 0 heterocycles. The number of hydrogen-bond donors (Lipinski definition) is 0. The summed E-state index contributed by atoms with van der Waals surface area (Å²) in [6, 6.07) is 9.90. The van der Waals surface area contributed by atoms with Crippen LogP contribution in [0.25, 0.3) is 0 Å². The van der Waals surface area contributed by atoms with Gasteiger partial charge in [-0.1, -0.05) is 61.1 Å². The van der Waals surface area contributed by atoms with Gasteiger partial charge in [-0.05, 0) is 61.4 Å². The Morgan fingerprint density at radius 2 is 1.20 bits per heavy atom. The number of hydrogen-bond acceptors (Lipinski definition) is 2. The van der Waals surface area contributed by atoms with Gasteiger partial charge in [-0.25, -0.2) is 0 Å². The molecule has 192 valence electrons. The van der Waals surface area contributed by atoms with Crippen LogP contribution < -0.4 is 9.47 Å². The standard InChI is InChI=1S/C13H16F2OSi.C8H7BrF2O.C5H10Si/c1-10-9-11(7-8-17(2,3)4)5-6-12(10)16-13(14)15;1-5-4-6(9)2-3-7(5)12-8(10)11;1-5-6(2,3)4/h5-6,9,13H,1-4H3;2-4,8H,1H3;1H,2-4H3. The maximum absolute atomic E-state index is 12.1. The molecule has 0 saturated carbocycles. The topological polar surface area (TPSA) is 18.5 Å². The molecule has 0 amide bonds. The minimum atomic E-state index is -2.78. The highest BCUT2D eigenvalue weighted by Gasteiger charge is 2.09. The van der Waals surface area contributed by atoms with Crippen molar-refractivity contribution < 1.29 is 27.0 Å². The summed E-state index contributed by atoms with van der Waals surface area (Å²) >= 11 is 3.22. The summed E-state index contributed by atoms with van der Waals surface area (Å²) in [5.74, 6) is 3.50. The van der Waals surface area contributed by atoms with E-state index in [0.717, 1.165) is 10.0 Å². The van der Waals surface area contributed by atoms with Crippen molar-refractivity contribution in [3.8, 4) is 34.9 Å². The maximum Gasteiger partial charge on any atom is 0.387 e. The Morgan fingerprint density at radius 3 is 1.54 bits per heavy atom. The zero-order valence-corrected chi connectivity index (χ0v) is 25.0. The summed E-state index contributed by atoms with van der Waals surface area (Å²) in [4.78, 5) is 0. The highest BCUT2D eigenvalue weighted by molar-refractivity contribution is 9.10. The van der Waals surface area contributed by atoms with Gasteiger partial charge in [0.25, 0.3) is 0 Å². The van der Waals surface area contributed by atoms with E-state index in [0.29, 0.717) is 11.1 Å². The first-order valence-corrected chi connectivity index (χ1v) is 18.5. The molecule has 0 aromatic heterocycles. The van der Waals surface area contributed by atoms with Crippen molar-refractivity contribution in [2.24, 2.45) is 0 Å². The smallest absolute Gasteiger partial charge is 0.387 e. The van der Waals surface area contributed by atoms with E-state index in [1.54, 1.807) is 38.1 Å². The van der Waals surface area contributed by atoms with Gasteiger partial charge >= 0.3 is 13.2 Å². The molecule has 35 heavy (non-hydrogen) atoms. The first-order valence-electron chi connectivity index (χ1n) is 10.7. The van der Waals surface area contributed by atoms with Crippen molar-refractivity contribution >= 4 is 32.1 Å². The number of rotatable bonds is 4. The fourth-order valence-corrected chi connectivity index (χ4v) is 3.05. The summed E-state index contributed by atoms with van der Waals surface area (Å²) < 4.78 is 57.1. The van der Waals surface area contributed by atoms with Crippen molar-refractivity contribution in [2.45, 2.75) is 66.4 Å². The number of terminal acetylenes is 1. The third kappa shape index (κ3) is 17.0. The van der Waals surface area contributed by atoms with Gasteiger partial charge in [0.05, 0.1) is 0 Å². The molecule has 0 fully saturated rings. The van der Waals surface area contributed by atoms with Crippen molar-refractivity contribution in [3.63, 3.8) is 0 Å². The Morgan fingerprint density at radius 1 is 0.771 bits per heavy atom. The second-order valence-electron chi connectivity index (χ2n) is 9.54. The van der Waals surface area contributed by atoms with Gasteiger partial charge in [0.15, 0.2) is 0 Å². The van der Waals surface area contributed by atoms with Crippen LogP contribution in [0.5, 0.6) is 11.5 Å².